The number of rotatable bonds is 5. The molecule has 1 aliphatic carbocycles. The van der Waals surface area contributed by atoms with Gasteiger partial charge in [-0.15, -0.1) is 0 Å². The van der Waals surface area contributed by atoms with Crippen molar-refractivity contribution in [3.8, 4) is 6.07 Å². The molecular weight excluding hydrogens is 235 g/mol. The van der Waals surface area contributed by atoms with Crippen molar-refractivity contribution in [2.45, 2.75) is 25.3 Å². The SMILES string of the molecule is N#CCCN(c1c(F)cccc1C(=O)O)C1CC1. The fourth-order valence-corrected chi connectivity index (χ4v) is 2.01. The maximum absolute atomic E-state index is 13.9. The first-order valence-corrected chi connectivity index (χ1v) is 5.80. The molecule has 1 saturated carbocycles. The molecule has 2 rings (SSSR count). The predicted octanol–water partition coefficient (Wildman–Crippen LogP) is 2.41. The van der Waals surface area contributed by atoms with Crippen LogP contribution in [0.5, 0.6) is 0 Å². The van der Waals surface area contributed by atoms with Crippen LogP contribution < -0.4 is 4.90 Å². The maximum atomic E-state index is 13.9. The van der Waals surface area contributed by atoms with Gasteiger partial charge in [0, 0.05) is 12.6 Å². The third-order valence-corrected chi connectivity index (χ3v) is 2.96. The van der Waals surface area contributed by atoms with Crippen molar-refractivity contribution in [2.24, 2.45) is 0 Å². The van der Waals surface area contributed by atoms with E-state index in [1.165, 1.54) is 18.2 Å². The Morgan fingerprint density at radius 1 is 1.56 bits per heavy atom. The van der Waals surface area contributed by atoms with Gasteiger partial charge in [0.1, 0.15) is 5.82 Å². The van der Waals surface area contributed by atoms with E-state index in [4.69, 9.17) is 10.4 Å². The molecule has 1 aromatic carbocycles. The highest BCUT2D eigenvalue weighted by Crippen LogP contribution is 2.35. The van der Waals surface area contributed by atoms with Crippen LogP contribution in [0.15, 0.2) is 18.2 Å². The normalized spacial score (nSPS) is 14.0. The zero-order valence-electron chi connectivity index (χ0n) is 9.77. The Morgan fingerprint density at radius 2 is 2.28 bits per heavy atom. The summed E-state index contributed by atoms with van der Waals surface area (Å²) in [5.41, 5.74) is 0.0718. The molecule has 0 unspecified atom stereocenters. The van der Waals surface area contributed by atoms with E-state index in [9.17, 15) is 9.18 Å². The Hall–Kier alpha value is -2.09. The van der Waals surface area contributed by atoms with Gasteiger partial charge in [-0.25, -0.2) is 9.18 Å². The number of nitriles is 1. The van der Waals surface area contributed by atoms with E-state index < -0.39 is 11.8 Å². The zero-order valence-corrected chi connectivity index (χ0v) is 9.77. The summed E-state index contributed by atoms with van der Waals surface area (Å²) in [7, 11) is 0. The maximum Gasteiger partial charge on any atom is 0.337 e. The highest BCUT2D eigenvalue weighted by Gasteiger charge is 2.32. The molecule has 0 heterocycles. The van der Waals surface area contributed by atoms with Gasteiger partial charge in [-0.2, -0.15) is 5.26 Å². The lowest BCUT2D eigenvalue weighted by molar-refractivity contribution is 0.0697. The van der Waals surface area contributed by atoms with Crippen molar-refractivity contribution in [1.29, 1.82) is 5.26 Å². The van der Waals surface area contributed by atoms with E-state index in [-0.39, 0.29) is 23.7 Å². The Balaban J connectivity index is 2.39. The Bertz CT molecular complexity index is 506. The van der Waals surface area contributed by atoms with Gasteiger partial charge >= 0.3 is 5.97 Å². The molecule has 0 bridgehead atoms. The number of hydrogen-bond donors (Lipinski definition) is 1. The molecule has 0 radical (unpaired) electrons. The lowest BCUT2D eigenvalue weighted by atomic mass is 10.1. The number of anilines is 1. The molecule has 0 aliphatic heterocycles. The second kappa shape index (κ2) is 5.05. The van der Waals surface area contributed by atoms with Gasteiger partial charge in [-0.3, -0.25) is 0 Å². The van der Waals surface area contributed by atoms with Crippen molar-refractivity contribution in [3.05, 3.63) is 29.6 Å². The second-order valence-electron chi connectivity index (χ2n) is 4.27. The fourth-order valence-electron chi connectivity index (χ4n) is 2.01. The molecule has 1 aromatic rings. The summed E-state index contributed by atoms with van der Waals surface area (Å²) >= 11 is 0. The summed E-state index contributed by atoms with van der Waals surface area (Å²) < 4.78 is 13.9. The summed E-state index contributed by atoms with van der Waals surface area (Å²) in [4.78, 5) is 12.8. The number of nitrogens with zero attached hydrogens (tertiary/aromatic N) is 2. The van der Waals surface area contributed by atoms with Crippen LogP contribution in [0.3, 0.4) is 0 Å². The minimum absolute atomic E-state index is 0.0418. The number of hydrogen-bond acceptors (Lipinski definition) is 3. The lowest BCUT2D eigenvalue weighted by Gasteiger charge is -2.25. The van der Waals surface area contributed by atoms with Crippen LogP contribution in [0.25, 0.3) is 0 Å². The summed E-state index contributed by atoms with van der Waals surface area (Å²) in [6.45, 7) is 0.363. The van der Waals surface area contributed by atoms with Crippen LogP contribution in [-0.4, -0.2) is 23.7 Å². The summed E-state index contributed by atoms with van der Waals surface area (Å²) in [5, 5.41) is 17.7. The van der Waals surface area contributed by atoms with Gasteiger partial charge < -0.3 is 10.0 Å². The number of carbonyl (C=O) groups is 1. The van der Waals surface area contributed by atoms with E-state index in [0.29, 0.717) is 6.54 Å². The molecule has 4 nitrogen and oxygen atoms in total. The Labute approximate surface area is 104 Å². The number of carboxylic acid groups (broad SMARTS) is 1. The monoisotopic (exact) mass is 248 g/mol. The summed E-state index contributed by atoms with van der Waals surface area (Å²) in [6.07, 6.45) is 2.08. The number of para-hydroxylation sites is 1. The average Bonchev–Trinajstić information content (AvgIpc) is 3.15. The molecule has 1 N–H and O–H groups in total. The minimum Gasteiger partial charge on any atom is -0.478 e. The smallest absolute Gasteiger partial charge is 0.337 e. The van der Waals surface area contributed by atoms with Gasteiger partial charge in [-0.05, 0) is 25.0 Å². The highest BCUT2D eigenvalue weighted by atomic mass is 19.1. The third kappa shape index (κ3) is 2.43. The molecule has 0 saturated heterocycles. The molecular formula is C13H13FN2O2. The van der Waals surface area contributed by atoms with E-state index >= 15 is 0 Å². The Morgan fingerprint density at radius 3 is 2.83 bits per heavy atom. The molecule has 0 aromatic heterocycles. The highest BCUT2D eigenvalue weighted by molar-refractivity contribution is 5.94. The first-order valence-electron chi connectivity index (χ1n) is 5.80. The van der Waals surface area contributed by atoms with Crippen molar-refractivity contribution in [1.82, 2.24) is 0 Å². The molecule has 0 spiro atoms. The standard InChI is InChI=1S/C13H13FN2O2/c14-11-4-1-3-10(13(17)18)12(11)16(8-2-7-15)9-5-6-9/h1,3-4,9H,2,5-6,8H2,(H,17,18). The first kappa shape index (κ1) is 12.4. The summed E-state index contributed by atoms with van der Waals surface area (Å²) in [5.74, 6) is -1.69. The molecule has 5 heteroatoms. The molecule has 18 heavy (non-hydrogen) atoms. The quantitative estimate of drug-likeness (QED) is 0.869. The van der Waals surface area contributed by atoms with E-state index in [1.54, 1.807) is 4.90 Å². The van der Waals surface area contributed by atoms with Crippen molar-refractivity contribution in [3.63, 3.8) is 0 Å². The van der Waals surface area contributed by atoms with Crippen molar-refractivity contribution >= 4 is 11.7 Å². The average molecular weight is 248 g/mol. The number of halogens is 1. The molecule has 0 amide bonds. The third-order valence-electron chi connectivity index (χ3n) is 2.96. The largest absolute Gasteiger partial charge is 0.478 e. The predicted molar refractivity (Wildman–Crippen MR) is 64.0 cm³/mol. The molecule has 0 atom stereocenters. The number of carboxylic acids is 1. The van der Waals surface area contributed by atoms with Crippen LogP contribution in [0.2, 0.25) is 0 Å². The van der Waals surface area contributed by atoms with Crippen molar-refractivity contribution in [2.75, 3.05) is 11.4 Å². The van der Waals surface area contributed by atoms with Gasteiger partial charge in [-0.1, -0.05) is 6.07 Å². The first-order chi connectivity index (χ1) is 8.65. The Kier molecular flexibility index (Phi) is 3.47. The zero-order chi connectivity index (χ0) is 13.1. The van der Waals surface area contributed by atoms with Crippen LogP contribution in [0.4, 0.5) is 10.1 Å². The minimum atomic E-state index is -1.15. The van der Waals surface area contributed by atoms with E-state index in [2.05, 4.69) is 0 Å². The van der Waals surface area contributed by atoms with Gasteiger partial charge in [0.25, 0.3) is 0 Å². The van der Waals surface area contributed by atoms with Crippen LogP contribution in [0, 0.1) is 17.1 Å². The molecule has 1 aliphatic rings. The van der Waals surface area contributed by atoms with E-state index in [0.717, 1.165) is 12.8 Å². The van der Waals surface area contributed by atoms with Crippen molar-refractivity contribution < 1.29 is 14.3 Å². The lowest BCUT2D eigenvalue weighted by Crippen LogP contribution is -2.29. The van der Waals surface area contributed by atoms with Crippen LogP contribution in [-0.2, 0) is 0 Å². The van der Waals surface area contributed by atoms with Crippen LogP contribution >= 0.6 is 0 Å². The second-order valence-corrected chi connectivity index (χ2v) is 4.27. The van der Waals surface area contributed by atoms with Gasteiger partial charge in [0.05, 0.1) is 23.7 Å². The van der Waals surface area contributed by atoms with Crippen LogP contribution in [0.1, 0.15) is 29.6 Å². The number of benzene rings is 1. The molecule has 1 fully saturated rings. The number of aromatic carboxylic acids is 1. The topological polar surface area (TPSA) is 64.3 Å². The molecule has 94 valence electrons. The summed E-state index contributed by atoms with van der Waals surface area (Å²) in [6, 6.07) is 6.20. The van der Waals surface area contributed by atoms with Gasteiger partial charge in [0.2, 0.25) is 0 Å². The fraction of sp³-hybridized carbons (Fsp3) is 0.385. The van der Waals surface area contributed by atoms with E-state index in [1.807, 2.05) is 6.07 Å². The van der Waals surface area contributed by atoms with Gasteiger partial charge in [0.15, 0.2) is 0 Å².